The Hall–Kier alpha value is -0.850. The third kappa shape index (κ3) is 2.57. The lowest BCUT2D eigenvalue weighted by Crippen LogP contribution is -2.42. The maximum absolute atomic E-state index is 11.1. The fourth-order valence-corrected chi connectivity index (χ4v) is 3.82. The molecule has 0 aromatic heterocycles. The van der Waals surface area contributed by atoms with E-state index < -0.39 is 11.0 Å². The minimum atomic E-state index is -1.12. The maximum atomic E-state index is 11.1. The molecule has 1 fully saturated rings. The minimum Gasteiger partial charge on any atom is -0.384 e. The molecule has 0 bridgehead atoms. The van der Waals surface area contributed by atoms with Crippen LogP contribution in [0, 0.1) is 16.7 Å². The number of nitriles is 1. The van der Waals surface area contributed by atoms with Gasteiger partial charge in [-0.3, -0.25) is 0 Å². The van der Waals surface area contributed by atoms with Gasteiger partial charge in [-0.05, 0) is 31.4 Å². The molecular weight excluding hydrogens is 302 g/mol. The summed E-state index contributed by atoms with van der Waals surface area (Å²) >= 11 is 3.50. The van der Waals surface area contributed by atoms with E-state index in [0.29, 0.717) is 0 Å². The molecule has 1 aromatic rings. The largest absolute Gasteiger partial charge is 0.384 e. The van der Waals surface area contributed by atoms with Gasteiger partial charge in [-0.15, -0.1) is 0 Å². The summed E-state index contributed by atoms with van der Waals surface area (Å²) in [5, 5.41) is 20.8. The Morgan fingerprint density at radius 1 is 1.21 bits per heavy atom. The second-order valence-corrected chi connectivity index (χ2v) is 6.51. The monoisotopic (exact) mass is 321 g/mol. The SMILES string of the molecule is CC(O)(c1ccccc1Br)C1(C#N)CCCCCC1. The first-order chi connectivity index (χ1) is 9.03. The summed E-state index contributed by atoms with van der Waals surface area (Å²) in [7, 11) is 0. The molecule has 1 saturated carbocycles. The van der Waals surface area contributed by atoms with Crippen molar-refractivity contribution in [1.82, 2.24) is 0 Å². The number of rotatable bonds is 2. The first-order valence-corrected chi connectivity index (χ1v) is 7.71. The number of aliphatic hydroxyl groups is 1. The van der Waals surface area contributed by atoms with Crippen molar-refractivity contribution in [2.24, 2.45) is 5.41 Å². The minimum absolute atomic E-state index is 0.673. The average molecular weight is 322 g/mol. The summed E-state index contributed by atoms with van der Waals surface area (Å²) < 4.78 is 0.874. The van der Waals surface area contributed by atoms with Crippen LogP contribution in [0.3, 0.4) is 0 Å². The fourth-order valence-electron chi connectivity index (χ4n) is 3.15. The molecule has 0 amide bonds. The van der Waals surface area contributed by atoms with Crippen LogP contribution in [0.5, 0.6) is 0 Å². The zero-order chi connectivity index (χ0) is 13.9. The summed E-state index contributed by atoms with van der Waals surface area (Å²) in [4.78, 5) is 0. The summed E-state index contributed by atoms with van der Waals surface area (Å²) in [5.74, 6) is 0. The van der Waals surface area contributed by atoms with E-state index in [4.69, 9.17) is 0 Å². The molecule has 3 heteroatoms. The van der Waals surface area contributed by atoms with Crippen LogP contribution in [0.1, 0.15) is 51.0 Å². The van der Waals surface area contributed by atoms with Crippen molar-refractivity contribution >= 4 is 15.9 Å². The van der Waals surface area contributed by atoms with Crippen LogP contribution >= 0.6 is 15.9 Å². The van der Waals surface area contributed by atoms with Crippen LogP contribution in [-0.4, -0.2) is 5.11 Å². The molecule has 0 heterocycles. The standard InChI is InChI=1S/C16H20BrNO/c1-15(19,13-8-4-5-9-14(13)17)16(12-18)10-6-2-3-7-11-16/h4-5,8-9,19H,2-3,6-7,10-11H2,1H3. The first kappa shape index (κ1) is 14.6. The van der Waals surface area contributed by atoms with E-state index in [-0.39, 0.29) is 0 Å². The third-order valence-corrected chi connectivity index (χ3v) is 5.19. The quantitative estimate of drug-likeness (QED) is 0.814. The third-order valence-electron chi connectivity index (χ3n) is 4.50. The molecule has 0 spiro atoms. The van der Waals surface area contributed by atoms with E-state index >= 15 is 0 Å². The van der Waals surface area contributed by atoms with E-state index in [1.54, 1.807) is 6.92 Å². The van der Waals surface area contributed by atoms with Gasteiger partial charge in [0.05, 0.1) is 11.5 Å². The highest BCUT2D eigenvalue weighted by atomic mass is 79.9. The van der Waals surface area contributed by atoms with Crippen molar-refractivity contribution in [1.29, 1.82) is 5.26 Å². The fraction of sp³-hybridized carbons (Fsp3) is 0.562. The number of nitrogens with zero attached hydrogens (tertiary/aromatic N) is 1. The molecule has 1 unspecified atom stereocenters. The Kier molecular flexibility index (Phi) is 4.32. The van der Waals surface area contributed by atoms with Crippen molar-refractivity contribution in [2.75, 3.05) is 0 Å². The molecule has 1 aliphatic carbocycles. The van der Waals surface area contributed by atoms with Gasteiger partial charge in [0, 0.05) is 4.47 Å². The predicted molar refractivity (Wildman–Crippen MR) is 79.5 cm³/mol. The zero-order valence-corrected chi connectivity index (χ0v) is 12.9. The Labute approximate surface area is 123 Å². The molecule has 102 valence electrons. The number of halogens is 1. The molecular formula is C16H20BrNO. The van der Waals surface area contributed by atoms with E-state index in [1.807, 2.05) is 24.3 Å². The number of hydrogen-bond acceptors (Lipinski definition) is 2. The molecule has 2 nitrogen and oxygen atoms in total. The highest BCUT2D eigenvalue weighted by Crippen LogP contribution is 2.49. The van der Waals surface area contributed by atoms with Crippen LogP contribution in [0.2, 0.25) is 0 Å². The smallest absolute Gasteiger partial charge is 0.106 e. The number of hydrogen-bond donors (Lipinski definition) is 1. The maximum Gasteiger partial charge on any atom is 0.106 e. The lowest BCUT2D eigenvalue weighted by atomic mass is 9.66. The molecule has 2 rings (SSSR count). The topological polar surface area (TPSA) is 44.0 Å². The molecule has 1 aromatic carbocycles. The molecule has 19 heavy (non-hydrogen) atoms. The Balaban J connectivity index is 2.46. The summed E-state index contributed by atoms with van der Waals surface area (Å²) in [5.41, 5.74) is -0.974. The molecule has 0 aliphatic heterocycles. The Morgan fingerprint density at radius 2 is 1.79 bits per heavy atom. The van der Waals surface area contributed by atoms with Crippen LogP contribution < -0.4 is 0 Å². The van der Waals surface area contributed by atoms with Gasteiger partial charge in [0.1, 0.15) is 5.60 Å². The van der Waals surface area contributed by atoms with Gasteiger partial charge in [-0.1, -0.05) is 59.8 Å². The van der Waals surface area contributed by atoms with E-state index in [9.17, 15) is 10.4 Å². The normalized spacial score (nSPS) is 22.0. The number of benzene rings is 1. The van der Waals surface area contributed by atoms with Crippen molar-refractivity contribution in [2.45, 2.75) is 51.0 Å². The molecule has 0 radical (unpaired) electrons. The van der Waals surface area contributed by atoms with E-state index in [2.05, 4.69) is 22.0 Å². The average Bonchev–Trinajstić information content (AvgIpc) is 2.65. The van der Waals surface area contributed by atoms with Gasteiger partial charge < -0.3 is 5.11 Å². The van der Waals surface area contributed by atoms with Gasteiger partial charge in [0.25, 0.3) is 0 Å². The zero-order valence-electron chi connectivity index (χ0n) is 11.3. The van der Waals surface area contributed by atoms with E-state index in [1.165, 1.54) is 0 Å². The highest BCUT2D eigenvalue weighted by Gasteiger charge is 2.49. The Morgan fingerprint density at radius 3 is 2.32 bits per heavy atom. The summed E-state index contributed by atoms with van der Waals surface area (Å²) in [6.45, 7) is 1.79. The van der Waals surface area contributed by atoms with Gasteiger partial charge >= 0.3 is 0 Å². The second-order valence-electron chi connectivity index (χ2n) is 5.66. The van der Waals surface area contributed by atoms with Gasteiger partial charge in [0.15, 0.2) is 0 Å². The molecule has 1 aliphatic rings. The first-order valence-electron chi connectivity index (χ1n) is 6.92. The second kappa shape index (κ2) is 5.64. The van der Waals surface area contributed by atoms with E-state index in [0.717, 1.165) is 48.6 Å². The summed E-state index contributed by atoms with van der Waals surface area (Å²) in [6, 6.07) is 10.1. The van der Waals surface area contributed by atoms with Crippen LogP contribution in [0.15, 0.2) is 28.7 Å². The van der Waals surface area contributed by atoms with Crippen molar-refractivity contribution < 1.29 is 5.11 Å². The molecule has 0 saturated heterocycles. The van der Waals surface area contributed by atoms with Gasteiger partial charge in [-0.25, -0.2) is 0 Å². The lowest BCUT2D eigenvalue weighted by Gasteiger charge is -2.40. The lowest BCUT2D eigenvalue weighted by molar-refractivity contribution is -0.0539. The van der Waals surface area contributed by atoms with Gasteiger partial charge in [0.2, 0.25) is 0 Å². The summed E-state index contributed by atoms with van der Waals surface area (Å²) in [6.07, 6.45) is 5.92. The van der Waals surface area contributed by atoms with Crippen LogP contribution in [0.25, 0.3) is 0 Å². The van der Waals surface area contributed by atoms with Crippen molar-refractivity contribution in [3.8, 4) is 6.07 Å². The van der Waals surface area contributed by atoms with Crippen molar-refractivity contribution in [3.63, 3.8) is 0 Å². The predicted octanol–water partition coefficient (Wildman–Crippen LogP) is 4.52. The van der Waals surface area contributed by atoms with Crippen LogP contribution in [0.4, 0.5) is 0 Å². The molecule has 1 N–H and O–H groups in total. The highest BCUT2D eigenvalue weighted by molar-refractivity contribution is 9.10. The Bertz CT molecular complexity index is 482. The van der Waals surface area contributed by atoms with Crippen molar-refractivity contribution in [3.05, 3.63) is 34.3 Å². The van der Waals surface area contributed by atoms with Gasteiger partial charge in [-0.2, -0.15) is 5.26 Å². The van der Waals surface area contributed by atoms with Crippen LogP contribution in [-0.2, 0) is 5.60 Å². The molecule has 1 atom stereocenters.